The molecule has 2 rings (SSSR count). The number of nitrogens with one attached hydrogen (secondary N) is 1. The second-order valence-electron chi connectivity index (χ2n) is 5.16. The highest BCUT2D eigenvalue weighted by atomic mass is 16.3. The van der Waals surface area contributed by atoms with Gasteiger partial charge in [-0.25, -0.2) is 4.68 Å². The van der Waals surface area contributed by atoms with Crippen LogP contribution in [0.5, 0.6) is 0 Å². The van der Waals surface area contributed by atoms with Crippen molar-refractivity contribution in [3.8, 4) is 0 Å². The second-order valence-corrected chi connectivity index (χ2v) is 5.16. The zero-order valence-electron chi connectivity index (χ0n) is 12.3. The minimum absolute atomic E-state index is 0.0786. The molecular weight excluding hydrogens is 252 g/mol. The van der Waals surface area contributed by atoms with E-state index in [2.05, 4.69) is 54.6 Å². The van der Waals surface area contributed by atoms with Gasteiger partial charge in [0.05, 0.1) is 18.8 Å². The molecule has 0 radical (unpaired) electrons. The Bertz CT molecular complexity index is 565. The Balaban J connectivity index is 1.95. The number of hydrogen-bond acceptors (Lipinski definition) is 4. The third-order valence-electron chi connectivity index (χ3n) is 3.40. The zero-order chi connectivity index (χ0) is 14.5. The van der Waals surface area contributed by atoms with Crippen LogP contribution in [-0.4, -0.2) is 26.7 Å². The van der Waals surface area contributed by atoms with Crippen LogP contribution in [0.2, 0.25) is 0 Å². The molecule has 2 aromatic rings. The van der Waals surface area contributed by atoms with Gasteiger partial charge in [0.25, 0.3) is 0 Å². The first-order chi connectivity index (χ1) is 9.60. The molecule has 0 aliphatic heterocycles. The topological polar surface area (TPSA) is 63.0 Å². The largest absolute Gasteiger partial charge is 0.394 e. The van der Waals surface area contributed by atoms with E-state index in [1.54, 1.807) is 4.68 Å². The van der Waals surface area contributed by atoms with Gasteiger partial charge in [0, 0.05) is 18.8 Å². The highest BCUT2D eigenvalue weighted by molar-refractivity contribution is 5.32. The van der Waals surface area contributed by atoms with E-state index in [0.717, 1.165) is 5.69 Å². The zero-order valence-corrected chi connectivity index (χ0v) is 12.3. The lowest BCUT2D eigenvalue weighted by Crippen LogP contribution is -2.19. The summed E-state index contributed by atoms with van der Waals surface area (Å²) in [6.07, 6.45) is 1.86. The molecule has 5 heteroatoms. The Labute approximate surface area is 119 Å². The molecule has 1 aromatic carbocycles. The average Bonchev–Trinajstić information content (AvgIpc) is 2.84. The fraction of sp³-hybridized carbons (Fsp3) is 0.467. The number of hydrogen-bond donors (Lipinski definition) is 2. The Kier molecular flexibility index (Phi) is 4.87. The van der Waals surface area contributed by atoms with E-state index in [9.17, 15) is 0 Å². The van der Waals surface area contributed by atoms with Gasteiger partial charge in [-0.05, 0) is 31.9 Å². The molecule has 0 bridgehead atoms. The van der Waals surface area contributed by atoms with E-state index in [0.29, 0.717) is 13.1 Å². The van der Waals surface area contributed by atoms with Crippen molar-refractivity contribution in [3.05, 3.63) is 46.8 Å². The van der Waals surface area contributed by atoms with Crippen LogP contribution in [0.15, 0.2) is 24.4 Å². The van der Waals surface area contributed by atoms with Crippen molar-refractivity contribution in [2.75, 3.05) is 6.61 Å². The predicted octanol–water partition coefficient (Wildman–Crippen LogP) is 1.74. The first-order valence-corrected chi connectivity index (χ1v) is 6.90. The van der Waals surface area contributed by atoms with E-state index < -0.39 is 0 Å². The first kappa shape index (κ1) is 14.7. The molecular formula is C15H22N4O. The maximum Gasteiger partial charge on any atom is 0.0965 e. The fourth-order valence-corrected chi connectivity index (χ4v) is 2.31. The lowest BCUT2D eigenvalue weighted by atomic mass is 10.0. The van der Waals surface area contributed by atoms with Gasteiger partial charge in [-0.1, -0.05) is 29.0 Å². The molecule has 1 aromatic heterocycles. The number of aliphatic hydroxyl groups excluding tert-OH is 1. The fourth-order valence-electron chi connectivity index (χ4n) is 2.31. The van der Waals surface area contributed by atoms with Gasteiger partial charge in [0.2, 0.25) is 0 Å². The summed E-state index contributed by atoms with van der Waals surface area (Å²) >= 11 is 0. The van der Waals surface area contributed by atoms with E-state index >= 15 is 0 Å². The summed E-state index contributed by atoms with van der Waals surface area (Å²) in [5, 5.41) is 20.3. The quantitative estimate of drug-likeness (QED) is 0.842. The molecule has 0 saturated carbocycles. The lowest BCUT2D eigenvalue weighted by molar-refractivity contribution is 0.268. The van der Waals surface area contributed by atoms with E-state index in [1.807, 2.05) is 6.20 Å². The maximum atomic E-state index is 8.84. The van der Waals surface area contributed by atoms with Gasteiger partial charge in [0.15, 0.2) is 0 Å². The Morgan fingerprint density at radius 1 is 1.35 bits per heavy atom. The summed E-state index contributed by atoms with van der Waals surface area (Å²) < 4.78 is 1.65. The molecule has 0 fully saturated rings. The van der Waals surface area contributed by atoms with Crippen molar-refractivity contribution >= 4 is 0 Å². The van der Waals surface area contributed by atoms with Crippen LogP contribution in [-0.2, 0) is 13.1 Å². The Morgan fingerprint density at radius 2 is 2.15 bits per heavy atom. The molecule has 20 heavy (non-hydrogen) atoms. The average molecular weight is 274 g/mol. The highest BCUT2D eigenvalue weighted by Gasteiger charge is 2.09. The molecule has 1 atom stereocenters. The normalized spacial score (nSPS) is 12.6. The lowest BCUT2D eigenvalue weighted by Gasteiger charge is -2.16. The number of rotatable bonds is 6. The summed E-state index contributed by atoms with van der Waals surface area (Å²) in [6.45, 7) is 7.62. The van der Waals surface area contributed by atoms with Crippen LogP contribution >= 0.6 is 0 Å². The van der Waals surface area contributed by atoms with Crippen molar-refractivity contribution in [3.63, 3.8) is 0 Å². The molecule has 108 valence electrons. The van der Waals surface area contributed by atoms with Gasteiger partial charge in [-0.15, -0.1) is 5.10 Å². The smallest absolute Gasteiger partial charge is 0.0965 e. The number of aromatic nitrogens is 3. The number of aliphatic hydroxyl groups is 1. The SMILES string of the molecule is Cc1ccc(C(C)NCc2cn(CCO)nn2)c(C)c1. The van der Waals surface area contributed by atoms with Gasteiger partial charge in [-0.2, -0.15) is 0 Å². The third kappa shape index (κ3) is 3.65. The van der Waals surface area contributed by atoms with Crippen LogP contribution in [0.1, 0.15) is 35.3 Å². The number of aryl methyl sites for hydroxylation is 2. The molecule has 1 unspecified atom stereocenters. The van der Waals surface area contributed by atoms with Crippen molar-refractivity contribution in [1.29, 1.82) is 0 Å². The van der Waals surface area contributed by atoms with Gasteiger partial charge in [0.1, 0.15) is 0 Å². The maximum absolute atomic E-state index is 8.84. The van der Waals surface area contributed by atoms with Crippen molar-refractivity contribution in [1.82, 2.24) is 20.3 Å². The first-order valence-electron chi connectivity index (χ1n) is 6.90. The molecule has 0 amide bonds. The molecule has 2 N–H and O–H groups in total. The molecule has 0 saturated heterocycles. The van der Waals surface area contributed by atoms with Gasteiger partial charge >= 0.3 is 0 Å². The number of benzene rings is 1. The molecule has 1 heterocycles. The third-order valence-corrected chi connectivity index (χ3v) is 3.40. The minimum atomic E-state index is 0.0786. The molecule has 0 aliphatic carbocycles. The van der Waals surface area contributed by atoms with Crippen LogP contribution in [0, 0.1) is 13.8 Å². The summed E-state index contributed by atoms with van der Waals surface area (Å²) in [5.41, 5.74) is 4.77. The van der Waals surface area contributed by atoms with Crippen LogP contribution in [0.4, 0.5) is 0 Å². The van der Waals surface area contributed by atoms with Gasteiger partial charge in [-0.3, -0.25) is 0 Å². The van der Waals surface area contributed by atoms with Crippen LogP contribution in [0.3, 0.4) is 0 Å². The molecule has 5 nitrogen and oxygen atoms in total. The van der Waals surface area contributed by atoms with E-state index in [1.165, 1.54) is 16.7 Å². The van der Waals surface area contributed by atoms with Crippen LogP contribution in [0.25, 0.3) is 0 Å². The molecule has 0 aliphatic rings. The van der Waals surface area contributed by atoms with E-state index in [-0.39, 0.29) is 12.6 Å². The Morgan fingerprint density at radius 3 is 2.85 bits per heavy atom. The van der Waals surface area contributed by atoms with Crippen LogP contribution < -0.4 is 5.32 Å². The Hall–Kier alpha value is -1.72. The summed E-state index contributed by atoms with van der Waals surface area (Å²) in [6, 6.07) is 6.77. The summed E-state index contributed by atoms with van der Waals surface area (Å²) in [4.78, 5) is 0. The van der Waals surface area contributed by atoms with Crippen molar-refractivity contribution in [2.45, 2.75) is 39.9 Å². The number of nitrogens with zero attached hydrogens (tertiary/aromatic N) is 3. The minimum Gasteiger partial charge on any atom is -0.394 e. The van der Waals surface area contributed by atoms with Crippen molar-refractivity contribution < 1.29 is 5.11 Å². The van der Waals surface area contributed by atoms with Crippen molar-refractivity contribution in [2.24, 2.45) is 0 Å². The standard InChI is InChI=1S/C15H22N4O/c1-11-4-5-15(12(2)8-11)13(3)16-9-14-10-19(6-7-20)18-17-14/h4-5,8,10,13,16,20H,6-7,9H2,1-3H3. The monoisotopic (exact) mass is 274 g/mol. The predicted molar refractivity (Wildman–Crippen MR) is 78.3 cm³/mol. The summed E-state index contributed by atoms with van der Waals surface area (Å²) in [7, 11) is 0. The highest BCUT2D eigenvalue weighted by Crippen LogP contribution is 2.18. The summed E-state index contributed by atoms with van der Waals surface area (Å²) in [5.74, 6) is 0. The second kappa shape index (κ2) is 6.63. The molecule has 0 spiro atoms. The van der Waals surface area contributed by atoms with Gasteiger partial charge < -0.3 is 10.4 Å². The van der Waals surface area contributed by atoms with E-state index in [4.69, 9.17) is 5.11 Å².